The Hall–Kier alpha value is -1.40. The van der Waals surface area contributed by atoms with E-state index < -0.39 is 10.0 Å². The maximum absolute atomic E-state index is 12.5. The van der Waals surface area contributed by atoms with Gasteiger partial charge < -0.3 is 5.32 Å². The number of sulfonamides is 1. The van der Waals surface area contributed by atoms with Crippen LogP contribution in [0.25, 0.3) is 0 Å². The smallest absolute Gasteiger partial charge is 0.251 e. The quantitative estimate of drug-likeness (QED) is 0.837. The van der Waals surface area contributed by atoms with Crippen LogP contribution in [0.15, 0.2) is 29.2 Å². The zero-order valence-electron chi connectivity index (χ0n) is 14.0. The predicted molar refractivity (Wildman–Crippen MR) is 88.4 cm³/mol. The first kappa shape index (κ1) is 18.6. The van der Waals surface area contributed by atoms with Crippen molar-refractivity contribution in [1.29, 1.82) is 0 Å². The fraction of sp³-hybridized carbons (Fsp3) is 0.562. The third-order valence-corrected chi connectivity index (χ3v) is 5.63. The van der Waals surface area contributed by atoms with E-state index in [1.54, 1.807) is 26.0 Å². The second-order valence-corrected chi connectivity index (χ2v) is 7.80. The largest absolute Gasteiger partial charge is 0.350 e. The molecular weight excluding hydrogens is 300 g/mol. The number of carbonyl (C=O) groups is 1. The van der Waals surface area contributed by atoms with E-state index in [4.69, 9.17) is 0 Å². The average Bonchev–Trinajstić information content (AvgIpc) is 2.46. The van der Waals surface area contributed by atoms with Crippen molar-refractivity contribution in [2.45, 2.75) is 57.5 Å². The van der Waals surface area contributed by atoms with E-state index in [0.717, 1.165) is 12.8 Å². The van der Waals surface area contributed by atoms with Gasteiger partial charge in [0, 0.05) is 24.7 Å². The van der Waals surface area contributed by atoms with Gasteiger partial charge in [0.05, 0.1) is 4.90 Å². The molecule has 5 nitrogen and oxygen atoms in total. The molecule has 0 aliphatic carbocycles. The first-order chi connectivity index (χ1) is 10.2. The van der Waals surface area contributed by atoms with E-state index in [1.165, 1.54) is 23.5 Å². The Morgan fingerprint density at radius 1 is 1.27 bits per heavy atom. The van der Waals surface area contributed by atoms with Crippen LogP contribution in [-0.2, 0) is 10.0 Å². The van der Waals surface area contributed by atoms with E-state index >= 15 is 0 Å². The molecule has 0 heterocycles. The number of benzene rings is 1. The van der Waals surface area contributed by atoms with Crippen LogP contribution >= 0.6 is 0 Å². The fourth-order valence-corrected chi connectivity index (χ4v) is 3.47. The lowest BCUT2D eigenvalue weighted by Gasteiger charge is -2.21. The van der Waals surface area contributed by atoms with Crippen molar-refractivity contribution < 1.29 is 13.2 Å². The highest BCUT2D eigenvalue weighted by molar-refractivity contribution is 7.89. The highest BCUT2D eigenvalue weighted by Gasteiger charge is 2.24. The van der Waals surface area contributed by atoms with Crippen molar-refractivity contribution in [3.05, 3.63) is 29.8 Å². The Labute approximate surface area is 133 Å². The maximum atomic E-state index is 12.5. The molecule has 0 radical (unpaired) electrons. The zero-order valence-corrected chi connectivity index (χ0v) is 14.8. The van der Waals surface area contributed by atoms with Crippen LogP contribution in [0.5, 0.6) is 0 Å². The van der Waals surface area contributed by atoms with Gasteiger partial charge in [0.1, 0.15) is 0 Å². The molecule has 0 aromatic heterocycles. The minimum atomic E-state index is -3.58. The molecular formula is C16H26N2O3S. The molecule has 1 atom stereocenters. The molecule has 1 amide bonds. The van der Waals surface area contributed by atoms with Gasteiger partial charge in [-0.25, -0.2) is 8.42 Å². The SMILES string of the molecule is CCCC(C)NC(=O)c1cccc(S(=O)(=O)N(C)C(C)C)c1. The zero-order chi connectivity index (χ0) is 16.9. The van der Waals surface area contributed by atoms with E-state index in [2.05, 4.69) is 12.2 Å². The van der Waals surface area contributed by atoms with Crippen LogP contribution in [-0.4, -0.2) is 37.8 Å². The number of amides is 1. The summed E-state index contributed by atoms with van der Waals surface area (Å²) >= 11 is 0. The minimum absolute atomic E-state index is 0.0658. The van der Waals surface area contributed by atoms with Gasteiger partial charge in [-0.2, -0.15) is 4.31 Å². The van der Waals surface area contributed by atoms with Crippen molar-refractivity contribution in [3.8, 4) is 0 Å². The number of nitrogens with one attached hydrogen (secondary N) is 1. The molecule has 1 aromatic rings. The van der Waals surface area contributed by atoms with Gasteiger partial charge in [0.2, 0.25) is 10.0 Å². The van der Waals surface area contributed by atoms with E-state index in [9.17, 15) is 13.2 Å². The summed E-state index contributed by atoms with van der Waals surface area (Å²) in [4.78, 5) is 12.3. The Bertz CT molecular complexity index is 612. The topological polar surface area (TPSA) is 66.5 Å². The highest BCUT2D eigenvalue weighted by Crippen LogP contribution is 2.18. The summed E-state index contributed by atoms with van der Waals surface area (Å²) in [5, 5.41) is 2.88. The van der Waals surface area contributed by atoms with Gasteiger partial charge in [0.25, 0.3) is 5.91 Å². The summed E-state index contributed by atoms with van der Waals surface area (Å²) in [6.07, 6.45) is 1.87. The maximum Gasteiger partial charge on any atom is 0.251 e. The number of hydrogen-bond donors (Lipinski definition) is 1. The minimum Gasteiger partial charge on any atom is -0.350 e. The van der Waals surface area contributed by atoms with E-state index in [-0.39, 0.29) is 22.9 Å². The highest BCUT2D eigenvalue weighted by atomic mass is 32.2. The third kappa shape index (κ3) is 4.55. The van der Waals surface area contributed by atoms with Gasteiger partial charge in [-0.05, 0) is 45.4 Å². The van der Waals surface area contributed by atoms with Crippen LogP contribution in [0.3, 0.4) is 0 Å². The van der Waals surface area contributed by atoms with Crippen LogP contribution < -0.4 is 5.32 Å². The normalized spacial score (nSPS) is 13.4. The number of rotatable bonds is 7. The average molecular weight is 326 g/mol. The molecule has 0 bridgehead atoms. The van der Waals surface area contributed by atoms with Gasteiger partial charge >= 0.3 is 0 Å². The van der Waals surface area contributed by atoms with Crippen molar-refractivity contribution in [3.63, 3.8) is 0 Å². The summed E-state index contributed by atoms with van der Waals surface area (Å²) in [5.41, 5.74) is 0.362. The van der Waals surface area contributed by atoms with Crippen LogP contribution in [0, 0.1) is 0 Å². The van der Waals surface area contributed by atoms with Crippen molar-refractivity contribution in [1.82, 2.24) is 9.62 Å². The molecule has 1 N–H and O–H groups in total. The van der Waals surface area contributed by atoms with Gasteiger partial charge in [-0.15, -0.1) is 0 Å². The van der Waals surface area contributed by atoms with Crippen LogP contribution in [0.2, 0.25) is 0 Å². The number of carbonyl (C=O) groups excluding carboxylic acids is 1. The Morgan fingerprint density at radius 3 is 2.45 bits per heavy atom. The molecule has 1 rings (SSSR count). The first-order valence-electron chi connectivity index (χ1n) is 7.59. The fourth-order valence-electron chi connectivity index (χ4n) is 2.05. The summed E-state index contributed by atoms with van der Waals surface area (Å²) < 4.78 is 26.2. The molecule has 22 heavy (non-hydrogen) atoms. The summed E-state index contributed by atoms with van der Waals surface area (Å²) in [6, 6.07) is 6.09. The summed E-state index contributed by atoms with van der Waals surface area (Å²) in [7, 11) is -2.04. The number of hydrogen-bond acceptors (Lipinski definition) is 3. The van der Waals surface area contributed by atoms with Crippen LogP contribution in [0.4, 0.5) is 0 Å². The van der Waals surface area contributed by atoms with Gasteiger partial charge in [-0.3, -0.25) is 4.79 Å². The molecule has 0 spiro atoms. The number of nitrogens with zero attached hydrogens (tertiary/aromatic N) is 1. The molecule has 0 aliphatic rings. The molecule has 0 aliphatic heterocycles. The summed E-state index contributed by atoms with van der Waals surface area (Å²) in [6.45, 7) is 7.60. The standard InChI is InChI=1S/C16H26N2O3S/c1-6-8-13(4)17-16(19)14-9-7-10-15(11-14)22(20,21)18(5)12(2)3/h7,9-13H,6,8H2,1-5H3,(H,17,19). The Kier molecular flexibility index (Phi) is 6.56. The van der Waals surface area contributed by atoms with E-state index in [1.807, 2.05) is 6.92 Å². The first-order valence-corrected chi connectivity index (χ1v) is 9.03. The van der Waals surface area contributed by atoms with Crippen LogP contribution in [0.1, 0.15) is 50.9 Å². The van der Waals surface area contributed by atoms with Crippen molar-refractivity contribution in [2.24, 2.45) is 0 Å². The summed E-state index contributed by atoms with van der Waals surface area (Å²) in [5.74, 6) is -0.245. The second-order valence-electron chi connectivity index (χ2n) is 5.81. The lowest BCUT2D eigenvalue weighted by molar-refractivity contribution is 0.0938. The molecule has 1 unspecified atom stereocenters. The van der Waals surface area contributed by atoms with Gasteiger partial charge in [-0.1, -0.05) is 19.4 Å². The lowest BCUT2D eigenvalue weighted by Crippen LogP contribution is -2.34. The van der Waals surface area contributed by atoms with Gasteiger partial charge in [0.15, 0.2) is 0 Å². The Morgan fingerprint density at radius 2 is 1.91 bits per heavy atom. The third-order valence-electron chi connectivity index (χ3n) is 3.60. The molecule has 1 aromatic carbocycles. The van der Waals surface area contributed by atoms with E-state index in [0.29, 0.717) is 5.56 Å². The monoisotopic (exact) mass is 326 g/mol. The van der Waals surface area contributed by atoms with Crippen molar-refractivity contribution >= 4 is 15.9 Å². The second kappa shape index (κ2) is 7.74. The lowest BCUT2D eigenvalue weighted by atomic mass is 10.1. The molecule has 0 saturated carbocycles. The molecule has 124 valence electrons. The molecule has 0 fully saturated rings. The van der Waals surface area contributed by atoms with Crippen molar-refractivity contribution in [2.75, 3.05) is 7.05 Å². The predicted octanol–water partition coefficient (Wildman–Crippen LogP) is 2.63. The molecule has 0 saturated heterocycles. The molecule has 6 heteroatoms. The Balaban J connectivity index is 3.02.